The molecule has 0 amide bonds. The largest absolute Gasteiger partial charge is 0.507 e. The molecule has 0 aliphatic heterocycles. The summed E-state index contributed by atoms with van der Waals surface area (Å²) in [5.41, 5.74) is 1.41. The van der Waals surface area contributed by atoms with Crippen LogP contribution in [0.2, 0.25) is 0 Å². The van der Waals surface area contributed by atoms with E-state index >= 15 is 0 Å². The molecular formula is C44H42O10S2. The van der Waals surface area contributed by atoms with Crippen molar-refractivity contribution < 1.29 is 50.7 Å². The van der Waals surface area contributed by atoms with Gasteiger partial charge in [-0.3, -0.25) is 0 Å². The van der Waals surface area contributed by atoms with Gasteiger partial charge in [-0.15, -0.1) is 0 Å². The highest BCUT2D eigenvalue weighted by atomic mass is 32.2. The number of aliphatic hydroxyl groups is 1. The summed E-state index contributed by atoms with van der Waals surface area (Å²) < 4.78 is 5.25. The van der Waals surface area contributed by atoms with Crippen molar-refractivity contribution in [1.29, 1.82) is 0 Å². The van der Waals surface area contributed by atoms with E-state index in [0.717, 1.165) is 28.4 Å². The molecule has 0 atom stereocenters. The lowest BCUT2D eigenvalue weighted by Crippen LogP contribution is -2.19. The smallest absolute Gasteiger partial charge is 0.166 e. The van der Waals surface area contributed by atoms with Crippen LogP contribution in [0.4, 0.5) is 0 Å². The van der Waals surface area contributed by atoms with Gasteiger partial charge in [0.1, 0.15) is 28.7 Å². The molecule has 0 unspecified atom stereocenters. The van der Waals surface area contributed by atoms with Crippen molar-refractivity contribution in [1.82, 2.24) is 0 Å². The van der Waals surface area contributed by atoms with Crippen molar-refractivity contribution in [3.63, 3.8) is 0 Å². The van der Waals surface area contributed by atoms with Crippen molar-refractivity contribution in [3.8, 4) is 51.7 Å². The van der Waals surface area contributed by atoms with Gasteiger partial charge in [0.05, 0.1) is 13.7 Å². The second-order valence-corrected chi connectivity index (χ2v) is 15.7. The molecule has 0 aromatic heterocycles. The zero-order valence-corrected chi connectivity index (χ0v) is 33.1. The number of phenols is 8. The standard InChI is InChI=1S/C44H42O10S2/c1-19(2)29-35-33(27(39(48)43(29)52)17-55-25-12-8-23(16-45)9-13-25)41(50)31(21(5)37(35)46)32-22(6)38(47)36-30(20(3)4)44(53)40(49)28(34(36)42(32)51)18-56-26-14-10-24(54-7)11-15-26/h8-15,17-19,45-53H,6,16H2,1-5,7H3/b27-17?,28-18?,32-31-. The van der Waals surface area contributed by atoms with Crippen LogP contribution < -0.4 is 25.6 Å². The number of aromatic hydroxyl groups is 8. The molecule has 6 aromatic carbocycles. The number of thioether (sulfide) groups is 2. The molecule has 9 N–H and O–H groups in total. The fourth-order valence-corrected chi connectivity index (χ4v) is 8.61. The van der Waals surface area contributed by atoms with E-state index in [1.807, 2.05) is 0 Å². The SMILES string of the molecule is C=c1c(O)c2c(=C(C)C)c(O)c(O)c(=CSc3ccc(OC)cc3)c2c(O)/c1=c1/c(C)c(O)c2c(C(C)C)c(O)c(O)c(=CSc3ccc(CO)cc3)c2c1O. The summed E-state index contributed by atoms with van der Waals surface area (Å²) in [4.78, 5) is 1.43. The molecule has 0 saturated carbocycles. The molecule has 6 rings (SSSR count). The summed E-state index contributed by atoms with van der Waals surface area (Å²) >= 11 is 2.32. The minimum absolute atomic E-state index is 0.00224. The first-order valence-electron chi connectivity index (χ1n) is 17.5. The van der Waals surface area contributed by atoms with Gasteiger partial charge in [-0.05, 0) is 79.5 Å². The highest BCUT2D eigenvalue weighted by molar-refractivity contribution is 8.06. The van der Waals surface area contributed by atoms with Crippen molar-refractivity contribution in [3.05, 3.63) is 96.5 Å². The highest BCUT2D eigenvalue weighted by Gasteiger charge is 2.27. The molecule has 10 nitrogen and oxygen atoms in total. The van der Waals surface area contributed by atoms with E-state index < -0.39 is 46.2 Å². The van der Waals surface area contributed by atoms with Gasteiger partial charge in [-0.1, -0.05) is 61.7 Å². The molecule has 0 radical (unpaired) electrons. The van der Waals surface area contributed by atoms with Gasteiger partial charge in [-0.25, -0.2) is 0 Å². The van der Waals surface area contributed by atoms with E-state index in [4.69, 9.17) is 4.74 Å². The van der Waals surface area contributed by atoms with Crippen LogP contribution in [-0.2, 0) is 6.61 Å². The average molecular weight is 795 g/mol. The third-order valence-corrected chi connectivity index (χ3v) is 11.7. The number of ether oxygens (including phenoxy) is 1. The molecule has 56 heavy (non-hydrogen) atoms. The van der Waals surface area contributed by atoms with Crippen molar-refractivity contribution in [2.45, 2.75) is 56.9 Å². The van der Waals surface area contributed by atoms with Crippen LogP contribution in [0.1, 0.15) is 50.3 Å². The van der Waals surface area contributed by atoms with E-state index in [-0.39, 0.29) is 76.3 Å². The molecular weight excluding hydrogens is 753 g/mol. The summed E-state index contributed by atoms with van der Waals surface area (Å²) in [6.07, 6.45) is 0. The molecule has 0 spiro atoms. The number of hydrogen-bond donors (Lipinski definition) is 9. The molecule has 0 bridgehead atoms. The van der Waals surface area contributed by atoms with Crippen LogP contribution in [0.3, 0.4) is 0 Å². The lowest BCUT2D eigenvalue weighted by Gasteiger charge is -2.19. The maximum atomic E-state index is 12.4. The maximum Gasteiger partial charge on any atom is 0.166 e. The predicted octanol–water partition coefficient (Wildman–Crippen LogP) is 6.52. The lowest BCUT2D eigenvalue weighted by molar-refractivity contribution is 0.282. The summed E-state index contributed by atoms with van der Waals surface area (Å²) in [5.74, 6) is -3.83. The second-order valence-electron chi connectivity index (χ2n) is 13.9. The molecule has 6 aromatic rings. The summed E-state index contributed by atoms with van der Waals surface area (Å²) in [7, 11) is 1.54. The van der Waals surface area contributed by atoms with Gasteiger partial charge in [-0.2, -0.15) is 0 Å². The van der Waals surface area contributed by atoms with Gasteiger partial charge >= 0.3 is 0 Å². The molecule has 0 fully saturated rings. The Hall–Kier alpha value is -5.82. The van der Waals surface area contributed by atoms with Crippen molar-refractivity contribution >= 4 is 68.0 Å². The monoisotopic (exact) mass is 794 g/mol. The fraction of sp³-hybridized carbons (Fsp3) is 0.182. The number of hydrogen-bond acceptors (Lipinski definition) is 12. The molecule has 12 heteroatoms. The van der Waals surface area contributed by atoms with Gasteiger partial charge in [0.2, 0.25) is 0 Å². The predicted molar refractivity (Wildman–Crippen MR) is 222 cm³/mol. The van der Waals surface area contributed by atoms with E-state index in [0.29, 0.717) is 21.8 Å². The van der Waals surface area contributed by atoms with E-state index in [1.165, 1.54) is 17.7 Å². The van der Waals surface area contributed by atoms with Gasteiger partial charge in [0.15, 0.2) is 23.0 Å². The summed E-state index contributed by atoms with van der Waals surface area (Å²) in [6, 6.07) is 14.0. The zero-order chi connectivity index (χ0) is 40.9. The second kappa shape index (κ2) is 15.4. The zero-order valence-electron chi connectivity index (χ0n) is 31.5. The first-order chi connectivity index (χ1) is 26.5. The molecule has 0 aliphatic rings. The number of phenolic OH excluding ortho intramolecular Hbond substituents is 8. The Bertz CT molecular complexity index is 2920. The number of aliphatic hydroxyl groups excluding tert-OH is 1. The van der Waals surface area contributed by atoms with Crippen molar-refractivity contribution in [2.24, 2.45) is 0 Å². The molecule has 0 saturated heterocycles. The third-order valence-electron chi connectivity index (χ3n) is 9.87. The van der Waals surface area contributed by atoms with Crippen LogP contribution in [0.15, 0.2) is 58.3 Å². The van der Waals surface area contributed by atoms with Crippen LogP contribution in [-0.4, -0.2) is 53.1 Å². The van der Waals surface area contributed by atoms with Crippen LogP contribution in [0.5, 0.6) is 51.7 Å². The Balaban J connectivity index is 1.87. The Morgan fingerprint density at radius 3 is 1.64 bits per heavy atom. The minimum Gasteiger partial charge on any atom is -0.507 e. The Kier molecular flexibility index (Phi) is 10.9. The average Bonchev–Trinajstić information content (AvgIpc) is 3.17. The Labute approximate surface area is 329 Å². The highest BCUT2D eigenvalue weighted by Crippen LogP contribution is 2.46. The summed E-state index contributed by atoms with van der Waals surface area (Å²) in [5, 5.41) is 106. The first kappa shape index (κ1) is 39.9. The van der Waals surface area contributed by atoms with Crippen LogP contribution in [0, 0.1) is 17.4 Å². The first-order valence-corrected chi connectivity index (χ1v) is 19.2. The Morgan fingerprint density at radius 2 is 1.14 bits per heavy atom. The molecule has 290 valence electrons. The third kappa shape index (κ3) is 6.53. The normalized spacial score (nSPS) is 13.0. The maximum absolute atomic E-state index is 12.4. The number of fused-ring (bicyclic) bond motifs is 2. The summed E-state index contributed by atoms with van der Waals surface area (Å²) in [6.45, 7) is 12.3. The Morgan fingerprint density at radius 1 is 0.643 bits per heavy atom. The number of rotatable bonds is 7. The van der Waals surface area contributed by atoms with Gasteiger partial charge in [0, 0.05) is 73.8 Å². The molecule has 0 aliphatic carbocycles. The van der Waals surface area contributed by atoms with E-state index in [9.17, 15) is 46.0 Å². The van der Waals surface area contributed by atoms with Crippen LogP contribution in [0.25, 0.3) is 44.5 Å². The topological polar surface area (TPSA) is 191 Å². The van der Waals surface area contributed by atoms with E-state index in [1.54, 1.807) is 83.3 Å². The lowest BCUT2D eigenvalue weighted by atomic mass is 9.89. The van der Waals surface area contributed by atoms with Gasteiger partial charge in [0.25, 0.3) is 0 Å². The molecule has 0 heterocycles. The van der Waals surface area contributed by atoms with Crippen molar-refractivity contribution in [2.75, 3.05) is 7.11 Å². The van der Waals surface area contributed by atoms with Crippen LogP contribution >= 0.6 is 23.5 Å². The fourth-order valence-electron chi connectivity index (χ4n) is 7.06. The number of benzene rings is 6. The van der Waals surface area contributed by atoms with E-state index in [2.05, 4.69) is 6.58 Å². The van der Waals surface area contributed by atoms with Gasteiger partial charge < -0.3 is 50.7 Å². The number of methoxy groups -OCH3 is 1. The quantitative estimate of drug-likeness (QED) is 0.0484. The minimum atomic E-state index is -0.572.